The Morgan fingerprint density at radius 1 is 1.50 bits per heavy atom. The Kier molecular flexibility index (Phi) is 4.43. The number of rotatable bonds is 2. The van der Waals surface area contributed by atoms with Crippen LogP contribution < -0.4 is 10.2 Å². The molecule has 3 rings (SSSR count). The maximum absolute atomic E-state index is 14.3. The number of benzene rings is 1. The van der Waals surface area contributed by atoms with Crippen molar-refractivity contribution in [3.8, 4) is 6.07 Å². The van der Waals surface area contributed by atoms with Crippen LogP contribution in [0.3, 0.4) is 0 Å². The first-order chi connectivity index (χ1) is 10.6. The predicted molar refractivity (Wildman–Crippen MR) is 86.4 cm³/mol. The first-order valence-corrected chi connectivity index (χ1v) is 7.93. The molecular formula is C14H12BrClFN5. The summed E-state index contributed by atoms with van der Waals surface area (Å²) in [6, 6.07) is 5.62. The minimum Gasteiger partial charge on any atom is -0.353 e. The Morgan fingerprint density at radius 3 is 3.09 bits per heavy atom. The molecule has 1 aliphatic heterocycles. The highest BCUT2D eigenvalue weighted by molar-refractivity contribution is 9.10. The SMILES string of the molecule is N#CCC1CN(c2nc(Cl)nc3c(F)c(Br)ccc23)CCN1. The van der Waals surface area contributed by atoms with Gasteiger partial charge in [0.05, 0.1) is 17.0 Å². The van der Waals surface area contributed by atoms with Crippen LogP contribution in [0.2, 0.25) is 5.28 Å². The van der Waals surface area contributed by atoms with Crippen molar-refractivity contribution in [1.29, 1.82) is 5.26 Å². The van der Waals surface area contributed by atoms with E-state index in [4.69, 9.17) is 16.9 Å². The smallest absolute Gasteiger partial charge is 0.225 e. The lowest BCUT2D eigenvalue weighted by molar-refractivity contribution is 0.461. The molecule has 0 bridgehead atoms. The number of nitrogens with one attached hydrogen (secondary N) is 1. The van der Waals surface area contributed by atoms with Gasteiger partial charge in [0.2, 0.25) is 5.28 Å². The summed E-state index contributed by atoms with van der Waals surface area (Å²) in [5.41, 5.74) is 0.194. The lowest BCUT2D eigenvalue weighted by Gasteiger charge is -2.34. The quantitative estimate of drug-likeness (QED) is 0.807. The molecule has 1 unspecified atom stereocenters. The van der Waals surface area contributed by atoms with Crippen LogP contribution in [0.1, 0.15) is 6.42 Å². The zero-order valence-electron chi connectivity index (χ0n) is 11.5. The van der Waals surface area contributed by atoms with Gasteiger partial charge in [-0.2, -0.15) is 10.2 Å². The number of anilines is 1. The number of fused-ring (bicyclic) bond motifs is 1. The first-order valence-electron chi connectivity index (χ1n) is 6.76. The van der Waals surface area contributed by atoms with E-state index in [1.54, 1.807) is 12.1 Å². The van der Waals surface area contributed by atoms with Gasteiger partial charge in [0.25, 0.3) is 0 Å². The van der Waals surface area contributed by atoms with Gasteiger partial charge < -0.3 is 10.2 Å². The van der Waals surface area contributed by atoms with E-state index in [9.17, 15) is 4.39 Å². The maximum atomic E-state index is 14.3. The van der Waals surface area contributed by atoms with E-state index in [-0.39, 0.29) is 16.8 Å². The fourth-order valence-corrected chi connectivity index (χ4v) is 3.08. The number of halogens is 3. The number of aromatic nitrogens is 2. The van der Waals surface area contributed by atoms with E-state index >= 15 is 0 Å². The second kappa shape index (κ2) is 6.32. The number of hydrogen-bond donors (Lipinski definition) is 1. The van der Waals surface area contributed by atoms with Gasteiger partial charge in [0, 0.05) is 31.1 Å². The molecule has 1 aromatic heterocycles. The summed E-state index contributed by atoms with van der Waals surface area (Å²) in [7, 11) is 0. The molecule has 1 fully saturated rings. The molecule has 2 aromatic rings. The molecule has 2 heterocycles. The normalized spacial score (nSPS) is 18.5. The van der Waals surface area contributed by atoms with Gasteiger partial charge in [-0.25, -0.2) is 9.37 Å². The van der Waals surface area contributed by atoms with Crippen molar-refractivity contribution >= 4 is 44.3 Å². The summed E-state index contributed by atoms with van der Waals surface area (Å²) in [5.74, 6) is 0.151. The molecule has 0 amide bonds. The van der Waals surface area contributed by atoms with Crippen LogP contribution in [0.4, 0.5) is 10.2 Å². The van der Waals surface area contributed by atoms with E-state index in [1.165, 1.54) is 0 Å². The van der Waals surface area contributed by atoms with Crippen molar-refractivity contribution in [2.75, 3.05) is 24.5 Å². The Morgan fingerprint density at radius 2 is 2.32 bits per heavy atom. The second-order valence-corrected chi connectivity index (χ2v) is 6.23. The van der Waals surface area contributed by atoms with E-state index in [0.717, 1.165) is 6.54 Å². The third-order valence-electron chi connectivity index (χ3n) is 3.60. The van der Waals surface area contributed by atoms with Gasteiger partial charge in [-0.05, 0) is 39.7 Å². The van der Waals surface area contributed by atoms with Crippen LogP contribution in [0.15, 0.2) is 16.6 Å². The lowest BCUT2D eigenvalue weighted by atomic mass is 10.1. The number of nitrogens with zero attached hydrogens (tertiary/aromatic N) is 4. The Bertz CT molecular complexity index is 763. The fraction of sp³-hybridized carbons (Fsp3) is 0.357. The molecular weight excluding hydrogens is 373 g/mol. The van der Waals surface area contributed by atoms with Gasteiger partial charge in [-0.15, -0.1) is 0 Å². The van der Waals surface area contributed by atoms with Gasteiger partial charge in [0.1, 0.15) is 11.3 Å². The summed E-state index contributed by atoms with van der Waals surface area (Å²) < 4.78 is 14.6. The summed E-state index contributed by atoms with van der Waals surface area (Å²) in [4.78, 5) is 10.3. The highest BCUT2D eigenvalue weighted by Crippen LogP contribution is 2.31. The van der Waals surface area contributed by atoms with Gasteiger partial charge >= 0.3 is 0 Å². The molecule has 0 saturated carbocycles. The zero-order chi connectivity index (χ0) is 15.7. The first kappa shape index (κ1) is 15.4. The van der Waals surface area contributed by atoms with E-state index in [2.05, 4.69) is 37.3 Å². The van der Waals surface area contributed by atoms with Crippen molar-refractivity contribution in [1.82, 2.24) is 15.3 Å². The standard InChI is InChI=1S/C14H12BrClFN5/c15-10-2-1-9-12(11(10)17)20-14(16)21-13(9)22-6-5-19-8(7-22)3-4-18/h1-2,8,19H,3,5-7H2. The minimum absolute atomic E-state index is 0.00914. The molecule has 1 N–H and O–H groups in total. The molecule has 1 aromatic carbocycles. The fourth-order valence-electron chi connectivity index (χ4n) is 2.60. The van der Waals surface area contributed by atoms with E-state index in [0.29, 0.717) is 35.2 Å². The Labute approximate surface area is 140 Å². The third kappa shape index (κ3) is 2.86. The van der Waals surface area contributed by atoms with Gasteiger partial charge in [-0.3, -0.25) is 0 Å². The van der Waals surface area contributed by atoms with Crippen LogP contribution in [0.5, 0.6) is 0 Å². The van der Waals surface area contributed by atoms with Gasteiger partial charge in [-0.1, -0.05) is 0 Å². The van der Waals surface area contributed by atoms with Crippen LogP contribution in [-0.2, 0) is 0 Å². The Balaban J connectivity index is 2.07. The molecule has 1 aliphatic rings. The minimum atomic E-state index is -0.452. The van der Waals surface area contributed by atoms with Crippen molar-refractivity contribution in [2.45, 2.75) is 12.5 Å². The summed E-state index contributed by atoms with van der Waals surface area (Å²) in [5, 5.41) is 12.8. The van der Waals surface area contributed by atoms with Crippen molar-refractivity contribution in [3.05, 3.63) is 27.7 Å². The highest BCUT2D eigenvalue weighted by Gasteiger charge is 2.23. The molecule has 1 atom stereocenters. The summed E-state index contributed by atoms with van der Waals surface area (Å²) >= 11 is 9.12. The molecule has 0 aliphatic carbocycles. The van der Waals surface area contributed by atoms with E-state index < -0.39 is 5.82 Å². The van der Waals surface area contributed by atoms with Crippen molar-refractivity contribution in [3.63, 3.8) is 0 Å². The summed E-state index contributed by atoms with van der Waals surface area (Å²) in [6.45, 7) is 2.06. The number of piperazine rings is 1. The van der Waals surface area contributed by atoms with Crippen molar-refractivity contribution < 1.29 is 4.39 Å². The topological polar surface area (TPSA) is 64.8 Å². The third-order valence-corrected chi connectivity index (χ3v) is 4.39. The van der Waals surface area contributed by atoms with Crippen LogP contribution in [0, 0.1) is 17.1 Å². The van der Waals surface area contributed by atoms with Crippen molar-refractivity contribution in [2.24, 2.45) is 0 Å². The Hall–Kier alpha value is -1.49. The lowest BCUT2D eigenvalue weighted by Crippen LogP contribution is -2.50. The summed E-state index contributed by atoms with van der Waals surface area (Å²) in [6.07, 6.45) is 0.410. The van der Waals surface area contributed by atoms with Crippen LogP contribution in [0.25, 0.3) is 10.9 Å². The average Bonchev–Trinajstić information content (AvgIpc) is 2.51. The van der Waals surface area contributed by atoms with Crippen LogP contribution >= 0.6 is 27.5 Å². The average molecular weight is 385 g/mol. The molecule has 0 radical (unpaired) electrons. The molecule has 8 heteroatoms. The number of nitriles is 1. The molecule has 0 spiro atoms. The van der Waals surface area contributed by atoms with E-state index in [1.807, 2.05) is 4.90 Å². The molecule has 114 valence electrons. The predicted octanol–water partition coefficient (Wildman–Crippen LogP) is 2.88. The second-order valence-electron chi connectivity index (χ2n) is 5.03. The zero-order valence-corrected chi connectivity index (χ0v) is 13.8. The van der Waals surface area contributed by atoms with Crippen LogP contribution in [-0.4, -0.2) is 35.6 Å². The molecule has 1 saturated heterocycles. The molecule has 22 heavy (non-hydrogen) atoms. The van der Waals surface area contributed by atoms with Gasteiger partial charge in [0.15, 0.2) is 5.82 Å². The maximum Gasteiger partial charge on any atom is 0.225 e. The highest BCUT2D eigenvalue weighted by atomic mass is 79.9. The largest absolute Gasteiger partial charge is 0.353 e. The monoisotopic (exact) mass is 383 g/mol. The number of hydrogen-bond acceptors (Lipinski definition) is 5. The molecule has 5 nitrogen and oxygen atoms in total.